The number of aliphatic hydroxyl groups is 1. The van der Waals surface area contributed by atoms with Crippen LogP contribution in [0.4, 0.5) is 0 Å². The molecule has 0 saturated carbocycles. The number of unbranched alkanes of at least 4 members (excludes halogenated alkanes) is 9. The predicted octanol–water partition coefficient (Wildman–Crippen LogP) is 3.70. The minimum Gasteiger partial charge on any atom is -0.481 e. The van der Waals surface area contributed by atoms with E-state index in [2.05, 4.69) is 11.9 Å². The fraction of sp³-hybridized carbons (Fsp3) is 0.895. The summed E-state index contributed by atoms with van der Waals surface area (Å²) in [6.07, 6.45) is 13.8. The van der Waals surface area contributed by atoms with Gasteiger partial charge in [-0.3, -0.25) is 9.79 Å². The van der Waals surface area contributed by atoms with Gasteiger partial charge in [-0.05, 0) is 6.42 Å². The zero-order valence-electron chi connectivity index (χ0n) is 15.3. The first-order valence-corrected chi connectivity index (χ1v) is 9.80. The SMILES string of the molecule is CCCCCCCCCCCCC(C(=O)O)C(O)CN1C=NCC1. The third kappa shape index (κ3) is 9.26. The van der Waals surface area contributed by atoms with Gasteiger partial charge in [-0.25, -0.2) is 0 Å². The van der Waals surface area contributed by atoms with Gasteiger partial charge in [0.1, 0.15) is 0 Å². The molecule has 24 heavy (non-hydrogen) atoms. The lowest BCUT2D eigenvalue weighted by Crippen LogP contribution is -2.38. The first-order chi connectivity index (χ1) is 11.6. The lowest BCUT2D eigenvalue weighted by molar-refractivity contribution is -0.146. The Hall–Kier alpha value is -1.10. The fourth-order valence-corrected chi connectivity index (χ4v) is 3.26. The molecule has 0 aromatic carbocycles. The molecular weight excluding hydrogens is 304 g/mol. The van der Waals surface area contributed by atoms with Crippen LogP contribution in [0.1, 0.15) is 77.6 Å². The minimum atomic E-state index is -0.880. The van der Waals surface area contributed by atoms with Crippen LogP contribution in [0.15, 0.2) is 4.99 Å². The van der Waals surface area contributed by atoms with Crippen molar-refractivity contribution in [2.75, 3.05) is 19.6 Å². The van der Waals surface area contributed by atoms with Crippen LogP contribution in [0.5, 0.6) is 0 Å². The number of rotatable bonds is 15. The van der Waals surface area contributed by atoms with Gasteiger partial charge in [-0.2, -0.15) is 0 Å². The van der Waals surface area contributed by atoms with Gasteiger partial charge in [0.25, 0.3) is 0 Å². The van der Waals surface area contributed by atoms with Crippen LogP contribution >= 0.6 is 0 Å². The highest BCUT2D eigenvalue weighted by molar-refractivity contribution is 5.70. The average molecular weight is 341 g/mol. The number of aliphatic imine (C=N–C) groups is 1. The number of aliphatic carboxylic acids is 1. The second-order valence-electron chi connectivity index (χ2n) is 7.00. The molecular formula is C19H36N2O3. The van der Waals surface area contributed by atoms with E-state index in [-0.39, 0.29) is 0 Å². The van der Waals surface area contributed by atoms with E-state index >= 15 is 0 Å². The lowest BCUT2D eigenvalue weighted by atomic mass is 9.94. The molecule has 0 aromatic rings. The van der Waals surface area contributed by atoms with E-state index in [1.54, 1.807) is 6.34 Å². The largest absolute Gasteiger partial charge is 0.481 e. The van der Waals surface area contributed by atoms with Gasteiger partial charge in [0, 0.05) is 13.1 Å². The number of hydrogen-bond acceptors (Lipinski definition) is 4. The van der Waals surface area contributed by atoms with Crippen molar-refractivity contribution in [1.82, 2.24) is 4.90 Å². The molecule has 5 nitrogen and oxygen atoms in total. The first-order valence-electron chi connectivity index (χ1n) is 9.80. The Balaban J connectivity index is 2.06. The zero-order chi connectivity index (χ0) is 17.6. The molecule has 140 valence electrons. The van der Waals surface area contributed by atoms with E-state index in [0.717, 1.165) is 25.9 Å². The van der Waals surface area contributed by atoms with Crippen LogP contribution in [-0.2, 0) is 4.79 Å². The van der Waals surface area contributed by atoms with Gasteiger partial charge < -0.3 is 15.1 Å². The predicted molar refractivity (Wildman–Crippen MR) is 98.5 cm³/mol. The molecule has 0 bridgehead atoms. The van der Waals surface area contributed by atoms with E-state index in [9.17, 15) is 15.0 Å². The van der Waals surface area contributed by atoms with Crippen LogP contribution in [0.3, 0.4) is 0 Å². The molecule has 2 atom stereocenters. The Kier molecular flexibility index (Phi) is 11.5. The smallest absolute Gasteiger partial charge is 0.309 e. The van der Waals surface area contributed by atoms with Gasteiger partial charge >= 0.3 is 5.97 Å². The van der Waals surface area contributed by atoms with Gasteiger partial charge in [0.15, 0.2) is 0 Å². The maximum Gasteiger partial charge on any atom is 0.309 e. The van der Waals surface area contributed by atoms with Crippen molar-refractivity contribution < 1.29 is 15.0 Å². The van der Waals surface area contributed by atoms with E-state index in [1.807, 2.05) is 4.90 Å². The number of nitrogens with zero attached hydrogens (tertiary/aromatic N) is 2. The summed E-state index contributed by atoms with van der Waals surface area (Å²) in [6.45, 7) is 4.13. The summed E-state index contributed by atoms with van der Waals surface area (Å²) in [5.74, 6) is -1.54. The molecule has 1 aliphatic heterocycles. The Labute approximate surface area is 147 Å². The van der Waals surface area contributed by atoms with Crippen molar-refractivity contribution in [2.45, 2.75) is 83.7 Å². The Morgan fingerprint density at radius 1 is 1.08 bits per heavy atom. The second-order valence-corrected chi connectivity index (χ2v) is 7.00. The molecule has 0 aliphatic carbocycles. The average Bonchev–Trinajstić information content (AvgIpc) is 3.05. The topological polar surface area (TPSA) is 73.1 Å². The van der Waals surface area contributed by atoms with E-state index < -0.39 is 18.0 Å². The molecule has 0 aromatic heterocycles. The van der Waals surface area contributed by atoms with Crippen molar-refractivity contribution in [1.29, 1.82) is 0 Å². The Bertz CT molecular complexity index is 361. The Morgan fingerprint density at radius 2 is 1.67 bits per heavy atom. The summed E-state index contributed by atoms with van der Waals surface area (Å²) >= 11 is 0. The molecule has 1 heterocycles. The van der Waals surface area contributed by atoms with Crippen molar-refractivity contribution in [3.63, 3.8) is 0 Å². The third-order valence-corrected chi connectivity index (χ3v) is 4.83. The highest BCUT2D eigenvalue weighted by Crippen LogP contribution is 2.18. The number of hydrogen-bond donors (Lipinski definition) is 2. The van der Waals surface area contributed by atoms with Crippen molar-refractivity contribution >= 4 is 12.3 Å². The van der Waals surface area contributed by atoms with Crippen LogP contribution in [-0.4, -0.2) is 53.2 Å². The molecule has 0 fully saturated rings. The monoisotopic (exact) mass is 340 g/mol. The zero-order valence-corrected chi connectivity index (χ0v) is 15.3. The Morgan fingerprint density at radius 3 is 2.17 bits per heavy atom. The summed E-state index contributed by atoms with van der Waals surface area (Å²) < 4.78 is 0. The quantitative estimate of drug-likeness (QED) is 0.446. The van der Waals surface area contributed by atoms with Gasteiger partial charge in [0.2, 0.25) is 0 Å². The summed E-state index contributed by atoms with van der Waals surface area (Å²) in [6, 6.07) is 0. The van der Waals surface area contributed by atoms with E-state index in [1.165, 1.54) is 51.4 Å². The molecule has 1 rings (SSSR count). The minimum absolute atomic E-state index is 0.373. The number of aliphatic hydroxyl groups excluding tert-OH is 1. The molecule has 5 heteroatoms. The maximum atomic E-state index is 11.4. The third-order valence-electron chi connectivity index (χ3n) is 4.83. The standard InChI is InChI=1S/C19H36N2O3/c1-2-3-4-5-6-7-8-9-10-11-12-17(19(23)24)18(22)15-21-14-13-20-16-21/h16-18,22H,2-15H2,1H3,(H,23,24). The van der Waals surface area contributed by atoms with Gasteiger partial charge in [-0.15, -0.1) is 0 Å². The van der Waals surface area contributed by atoms with Crippen LogP contribution < -0.4 is 0 Å². The molecule has 0 amide bonds. The van der Waals surface area contributed by atoms with Gasteiger partial charge in [0.05, 0.1) is 24.9 Å². The van der Waals surface area contributed by atoms with Crippen molar-refractivity contribution in [3.8, 4) is 0 Å². The maximum absolute atomic E-state index is 11.4. The summed E-state index contributed by atoms with van der Waals surface area (Å²) in [4.78, 5) is 17.4. The fourth-order valence-electron chi connectivity index (χ4n) is 3.26. The molecule has 2 N–H and O–H groups in total. The first kappa shape index (κ1) is 20.9. The molecule has 0 spiro atoms. The van der Waals surface area contributed by atoms with Crippen molar-refractivity contribution in [2.24, 2.45) is 10.9 Å². The number of carbonyl (C=O) groups is 1. The second kappa shape index (κ2) is 13.2. The highest BCUT2D eigenvalue weighted by Gasteiger charge is 2.27. The van der Waals surface area contributed by atoms with Crippen LogP contribution in [0.25, 0.3) is 0 Å². The summed E-state index contributed by atoms with van der Waals surface area (Å²) in [7, 11) is 0. The summed E-state index contributed by atoms with van der Waals surface area (Å²) in [5, 5.41) is 19.5. The number of β-amino-alcohol motifs (C(OH)–C–C–N with tert-alkyl or cyclic N) is 1. The molecule has 1 aliphatic rings. The number of carboxylic acids is 1. The number of carboxylic acid groups (broad SMARTS) is 1. The summed E-state index contributed by atoms with van der Waals surface area (Å²) in [5.41, 5.74) is 0. The lowest BCUT2D eigenvalue weighted by Gasteiger charge is -2.23. The van der Waals surface area contributed by atoms with Gasteiger partial charge in [-0.1, -0.05) is 71.1 Å². The van der Waals surface area contributed by atoms with Crippen molar-refractivity contribution in [3.05, 3.63) is 0 Å². The normalized spacial score (nSPS) is 16.5. The van der Waals surface area contributed by atoms with Crippen LogP contribution in [0.2, 0.25) is 0 Å². The van der Waals surface area contributed by atoms with E-state index in [4.69, 9.17) is 0 Å². The van der Waals surface area contributed by atoms with E-state index in [0.29, 0.717) is 13.0 Å². The highest BCUT2D eigenvalue weighted by atomic mass is 16.4. The molecule has 0 saturated heterocycles. The molecule has 2 unspecified atom stereocenters. The van der Waals surface area contributed by atoms with Crippen LogP contribution in [0, 0.1) is 5.92 Å². The molecule has 0 radical (unpaired) electrons.